The molecule has 0 radical (unpaired) electrons. The van der Waals surface area contributed by atoms with Crippen LogP contribution in [0.5, 0.6) is 0 Å². The van der Waals surface area contributed by atoms with Crippen molar-refractivity contribution in [2.75, 3.05) is 91.4 Å². The SMILES string of the molecule is CS(=O)(=O)NC(CCO)C(O)C[N+]1([Gd])CCN(CC(=O)[O-])CCN(CC(=O)[O-])CCN(CC(=O)[O-])CC1. The third-order valence-electron chi connectivity index (χ3n) is 5.93. The summed E-state index contributed by atoms with van der Waals surface area (Å²) >= 11 is 1.51. The number of rotatable bonds is 13. The van der Waals surface area contributed by atoms with Crippen LogP contribution in [0, 0.1) is 38.3 Å². The van der Waals surface area contributed by atoms with Crippen molar-refractivity contribution in [1.82, 2.24) is 19.4 Å². The van der Waals surface area contributed by atoms with Crippen molar-refractivity contribution < 1.29 is 87.3 Å². The van der Waals surface area contributed by atoms with Gasteiger partial charge in [0, 0.05) is 0 Å². The van der Waals surface area contributed by atoms with Gasteiger partial charge in [-0.15, -0.1) is 0 Å². The van der Waals surface area contributed by atoms with Crippen LogP contribution in [0.4, 0.5) is 0 Å². The molecule has 0 aromatic rings. The van der Waals surface area contributed by atoms with Crippen molar-refractivity contribution in [3.63, 3.8) is 0 Å². The molecule has 1 fully saturated rings. The Kier molecular flexibility index (Phi) is 15.4. The van der Waals surface area contributed by atoms with E-state index in [1.54, 1.807) is 9.80 Å². The molecule has 37 heavy (non-hydrogen) atoms. The first-order chi connectivity index (χ1) is 17.1. The number of nitrogens with zero attached hydrogens (tertiary/aromatic N) is 4. The number of carboxylic acid groups (broad SMARTS) is 3. The minimum absolute atomic E-state index is 0.0285. The Morgan fingerprint density at radius 1 is 0.892 bits per heavy atom. The Balaban J connectivity index is 3.18. The van der Waals surface area contributed by atoms with E-state index in [0.717, 1.165) is 6.26 Å². The van der Waals surface area contributed by atoms with Crippen LogP contribution in [0.25, 0.3) is 0 Å². The number of aliphatic carboxylic acids is 3. The predicted molar refractivity (Wildman–Crippen MR) is 119 cm³/mol. The Morgan fingerprint density at radius 3 is 1.59 bits per heavy atom. The molecular formula is C20H36GdN5O10S-2. The van der Waals surface area contributed by atoms with Gasteiger partial charge in [-0.25, -0.2) is 0 Å². The Bertz CT molecular complexity index is 832. The summed E-state index contributed by atoms with van der Waals surface area (Å²) in [6, 6.07) is -0.960. The first-order valence-electron chi connectivity index (χ1n) is 11.7. The van der Waals surface area contributed by atoms with Gasteiger partial charge >= 0.3 is 245 Å². The van der Waals surface area contributed by atoms with E-state index >= 15 is 0 Å². The number of hydrogen-bond acceptors (Lipinski definition) is 13. The normalized spacial score (nSPS) is 20.9. The molecule has 0 aromatic heterocycles. The first kappa shape index (κ1) is 34.4. The second-order valence-corrected chi connectivity index (χ2v) is 13.1. The van der Waals surface area contributed by atoms with E-state index in [1.165, 1.54) is 43.2 Å². The second kappa shape index (κ2) is 16.5. The Hall–Kier alpha value is -0.595. The van der Waals surface area contributed by atoms with Gasteiger partial charge in [0.25, 0.3) is 0 Å². The summed E-state index contributed by atoms with van der Waals surface area (Å²) in [5.41, 5.74) is 0. The number of hydrogen-bond donors (Lipinski definition) is 3. The van der Waals surface area contributed by atoms with Crippen LogP contribution in [0.1, 0.15) is 6.42 Å². The van der Waals surface area contributed by atoms with Crippen molar-refractivity contribution in [3.05, 3.63) is 0 Å². The fourth-order valence-electron chi connectivity index (χ4n) is 4.06. The average molecular weight is 696 g/mol. The first-order valence-corrected chi connectivity index (χ1v) is 14.6. The van der Waals surface area contributed by atoms with Gasteiger partial charge in [0.1, 0.15) is 0 Å². The van der Waals surface area contributed by atoms with Gasteiger partial charge in [-0.1, -0.05) is 0 Å². The van der Waals surface area contributed by atoms with Crippen LogP contribution < -0.4 is 20.0 Å². The van der Waals surface area contributed by atoms with E-state index < -0.39 is 59.7 Å². The molecule has 0 amide bonds. The van der Waals surface area contributed by atoms with Crippen molar-refractivity contribution in [2.45, 2.75) is 18.6 Å². The molecule has 2 atom stereocenters. The molecule has 0 aromatic carbocycles. The number of aliphatic hydroxyl groups is 2. The van der Waals surface area contributed by atoms with Gasteiger partial charge < -0.3 is 0 Å². The van der Waals surface area contributed by atoms with Crippen molar-refractivity contribution in [3.8, 4) is 0 Å². The molecule has 3 N–H and O–H groups in total. The van der Waals surface area contributed by atoms with Crippen molar-refractivity contribution in [1.29, 1.82) is 0 Å². The number of aliphatic hydroxyl groups excluding tert-OH is 2. The van der Waals surface area contributed by atoms with E-state index in [9.17, 15) is 48.3 Å². The summed E-state index contributed by atoms with van der Waals surface area (Å²) in [5.74, 6) is -3.93. The molecule has 217 valence electrons. The van der Waals surface area contributed by atoms with Crippen molar-refractivity contribution in [2.24, 2.45) is 0 Å². The van der Waals surface area contributed by atoms with Crippen molar-refractivity contribution >= 4 is 27.9 Å². The summed E-state index contributed by atoms with van der Waals surface area (Å²) in [5, 5.41) is 54.0. The molecular weight excluding hydrogens is 660 g/mol. The maximum absolute atomic E-state index is 11.7. The van der Waals surface area contributed by atoms with E-state index in [1.807, 2.05) is 0 Å². The summed E-state index contributed by atoms with van der Waals surface area (Å²) in [7, 11) is -3.68. The third-order valence-corrected chi connectivity index (χ3v) is 8.09. The molecule has 0 aliphatic carbocycles. The van der Waals surface area contributed by atoms with Gasteiger partial charge in [-0.3, -0.25) is 0 Å². The van der Waals surface area contributed by atoms with E-state index in [-0.39, 0.29) is 59.5 Å². The topological polar surface area (TPSA) is 217 Å². The van der Waals surface area contributed by atoms with Crippen LogP contribution in [-0.2, 0) is 24.4 Å². The quantitative estimate of drug-likeness (QED) is 0.163. The maximum atomic E-state index is 11.7. The van der Waals surface area contributed by atoms with Gasteiger partial charge in [0.2, 0.25) is 0 Å². The van der Waals surface area contributed by atoms with Crippen LogP contribution in [0.15, 0.2) is 0 Å². The summed E-state index contributed by atoms with van der Waals surface area (Å²) < 4.78 is 26.0. The second-order valence-electron chi connectivity index (χ2n) is 9.16. The van der Waals surface area contributed by atoms with Crippen LogP contribution in [0.2, 0.25) is 0 Å². The number of carbonyl (C=O) groups excluding carboxylic acids is 3. The molecule has 2 unspecified atom stereocenters. The fraction of sp³-hybridized carbons (Fsp3) is 0.850. The minimum atomic E-state index is -3.68. The number of nitrogens with one attached hydrogen (secondary N) is 1. The van der Waals surface area contributed by atoms with Crippen LogP contribution >= 0.6 is 0 Å². The van der Waals surface area contributed by atoms with Crippen LogP contribution in [-0.4, -0.2) is 155 Å². The van der Waals surface area contributed by atoms with E-state index in [0.29, 0.717) is 13.1 Å². The molecule has 1 heterocycles. The van der Waals surface area contributed by atoms with Gasteiger partial charge in [-0.05, 0) is 0 Å². The fourth-order valence-corrected chi connectivity index (χ4v) is 5.76. The zero-order valence-electron chi connectivity index (χ0n) is 20.8. The van der Waals surface area contributed by atoms with Crippen LogP contribution in [0.3, 0.4) is 0 Å². The monoisotopic (exact) mass is 696 g/mol. The summed E-state index contributed by atoms with van der Waals surface area (Å²) in [6.07, 6.45) is -0.285. The molecule has 0 bridgehead atoms. The molecule has 15 nitrogen and oxygen atoms in total. The third kappa shape index (κ3) is 15.6. The zero-order chi connectivity index (χ0) is 28.2. The molecule has 0 saturated carbocycles. The van der Waals surface area contributed by atoms with E-state index in [2.05, 4.69) is 4.72 Å². The summed E-state index contributed by atoms with van der Waals surface area (Å²) in [4.78, 5) is 38.5. The number of carboxylic acids is 3. The molecule has 1 aliphatic rings. The molecule has 1 aliphatic heterocycles. The zero-order valence-corrected chi connectivity index (χ0v) is 23.9. The Labute approximate surface area is 243 Å². The average Bonchev–Trinajstić information content (AvgIpc) is 2.74. The molecule has 17 heteroatoms. The van der Waals surface area contributed by atoms with E-state index in [4.69, 9.17) is 0 Å². The molecule has 0 spiro atoms. The summed E-state index contributed by atoms with van der Waals surface area (Å²) in [6.45, 7) is 0.318. The van der Waals surface area contributed by atoms with Gasteiger partial charge in [-0.2, -0.15) is 0 Å². The van der Waals surface area contributed by atoms with Gasteiger partial charge in [0.15, 0.2) is 0 Å². The standard InChI is InChI=1S/C20H39N5O10S.Gd/c1-36(34,35)21-16(2-11-26)17(27)12-22-3-5-23(13-18(28)29)7-9-25(15-20(32)33)10-8-24(6-4-22)14-19(30)31;/h16-17,21,26-27H,2-15H2,1H3,(H,28,29)(H,30,31)(H,32,33);/q;+1/p-3. The number of quaternary nitrogens is 1. The molecule has 1 saturated heterocycles. The Morgan fingerprint density at radius 2 is 1.27 bits per heavy atom. The number of sulfonamides is 1. The van der Waals surface area contributed by atoms with Gasteiger partial charge in [0.05, 0.1) is 0 Å². The number of carbonyl (C=O) groups is 3. The predicted octanol–water partition coefficient (Wildman–Crippen LogP) is -7.90. The molecule has 1 rings (SSSR count).